The molecule has 4 nitrogen and oxygen atoms in total. The Morgan fingerprint density at radius 2 is 2.11 bits per heavy atom. The van der Waals surface area contributed by atoms with E-state index >= 15 is 0 Å². The number of anilines is 1. The SMILES string of the molecule is CC(C)Nc1ccccc1C(=O)N1CC(CO)C1. The fourth-order valence-electron chi connectivity index (χ4n) is 2.13. The van der Waals surface area contributed by atoms with Crippen molar-refractivity contribution in [2.24, 2.45) is 5.92 Å². The summed E-state index contributed by atoms with van der Waals surface area (Å²) < 4.78 is 0. The van der Waals surface area contributed by atoms with Gasteiger partial charge < -0.3 is 15.3 Å². The topological polar surface area (TPSA) is 52.6 Å². The minimum atomic E-state index is 0.0449. The molecular formula is C14H20N2O2. The van der Waals surface area contributed by atoms with Gasteiger partial charge in [0.05, 0.1) is 5.56 Å². The predicted molar refractivity (Wildman–Crippen MR) is 71.7 cm³/mol. The molecule has 18 heavy (non-hydrogen) atoms. The number of carbonyl (C=O) groups is 1. The monoisotopic (exact) mass is 248 g/mol. The van der Waals surface area contributed by atoms with Crippen molar-refractivity contribution in [2.45, 2.75) is 19.9 Å². The van der Waals surface area contributed by atoms with Gasteiger partial charge in [0, 0.05) is 37.3 Å². The van der Waals surface area contributed by atoms with Gasteiger partial charge in [-0.15, -0.1) is 0 Å². The van der Waals surface area contributed by atoms with Crippen LogP contribution in [0.2, 0.25) is 0 Å². The minimum Gasteiger partial charge on any atom is -0.396 e. The Hall–Kier alpha value is -1.55. The van der Waals surface area contributed by atoms with Gasteiger partial charge in [-0.1, -0.05) is 12.1 Å². The zero-order chi connectivity index (χ0) is 13.1. The zero-order valence-electron chi connectivity index (χ0n) is 10.9. The van der Waals surface area contributed by atoms with Crippen LogP contribution in [-0.2, 0) is 0 Å². The number of rotatable bonds is 4. The van der Waals surface area contributed by atoms with Crippen molar-refractivity contribution in [1.29, 1.82) is 0 Å². The summed E-state index contributed by atoms with van der Waals surface area (Å²) in [6.45, 7) is 5.58. The van der Waals surface area contributed by atoms with Gasteiger partial charge in [0.2, 0.25) is 0 Å². The fourth-order valence-corrected chi connectivity index (χ4v) is 2.13. The maximum Gasteiger partial charge on any atom is 0.255 e. The van der Waals surface area contributed by atoms with Crippen molar-refractivity contribution in [3.63, 3.8) is 0 Å². The van der Waals surface area contributed by atoms with E-state index in [9.17, 15) is 4.79 Å². The molecule has 1 heterocycles. The molecule has 1 aliphatic rings. The van der Waals surface area contributed by atoms with E-state index in [0.29, 0.717) is 24.7 Å². The van der Waals surface area contributed by atoms with Crippen LogP contribution in [0, 0.1) is 5.92 Å². The van der Waals surface area contributed by atoms with E-state index < -0.39 is 0 Å². The molecule has 2 N–H and O–H groups in total. The summed E-state index contributed by atoms with van der Waals surface area (Å²) in [5, 5.41) is 12.3. The van der Waals surface area contributed by atoms with Gasteiger partial charge in [-0.25, -0.2) is 0 Å². The number of hydrogen-bond acceptors (Lipinski definition) is 3. The van der Waals surface area contributed by atoms with Crippen LogP contribution in [0.5, 0.6) is 0 Å². The maximum atomic E-state index is 12.3. The van der Waals surface area contributed by atoms with Crippen LogP contribution in [0.15, 0.2) is 24.3 Å². The van der Waals surface area contributed by atoms with Crippen molar-refractivity contribution in [1.82, 2.24) is 4.90 Å². The molecule has 0 aromatic heterocycles. The van der Waals surface area contributed by atoms with E-state index in [4.69, 9.17) is 5.11 Å². The third-order valence-corrected chi connectivity index (χ3v) is 3.10. The molecule has 0 bridgehead atoms. The molecule has 0 unspecified atom stereocenters. The first-order chi connectivity index (χ1) is 8.61. The van der Waals surface area contributed by atoms with E-state index in [2.05, 4.69) is 5.32 Å². The van der Waals surface area contributed by atoms with Gasteiger partial charge in [-0.2, -0.15) is 0 Å². The Labute approximate surface area is 108 Å². The van der Waals surface area contributed by atoms with Crippen molar-refractivity contribution in [2.75, 3.05) is 25.0 Å². The number of carbonyl (C=O) groups excluding carboxylic acids is 1. The second kappa shape index (κ2) is 5.40. The number of para-hydroxylation sites is 1. The molecule has 1 aromatic rings. The van der Waals surface area contributed by atoms with Crippen LogP contribution in [-0.4, -0.2) is 41.7 Å². The lowest BCUT2D eigenvalue weighted by molar-refractivity contribution is 0.0363. The van der Waals surface area contributed by atoms with Gasteiger partial charge in [-0.3, -0.25) is 4.79 Å². The molecule has 4 heteroatoms. The van der Waals surface area contributed by atoms with Crippen LogP contribution < -0.4 is 5.32 Å². The largest absolute Gasteiger partial charge is 0.396 e. The van der Waals surface area contributed by atoms with E-state index in [1.165, 1.54) is 0 Å². The predicted octanol–water partition coefficient (Wildman–Crippen LogP) is 1.57. The summed E-state index contributed by atoms with van der Waals surface area (Å²) in [6, 6.07) is 7.87. The molecule has 1 aliphatic heterocycles. The molecule has 0 atom stereocenters. The Kier molecular flexibility index (Phi) is 3.87. The van der Waals surface area contributed by atoms with E-state index in [1.807, 2.05) is 38.1 Å². The van der Waals surface area contributed by atoms with Gasteiger partial charge in [0.25, 0.3) is 5.91 Å². The molecule has 0 radical (unpaired) electrons. The number of nitrogens with zero attached hydrogens (tertiary/aromatic N) is 1. The lowest BCUT2D eigenvalue weighted by Gasteiger charge is -2.38. The van der Waals surface area contributed by atoms with Crippen molar-refractivity contribution >= 4 is 11.6 Å². The lowest BCUT2D eigenvalue weighted by Crippen LogP contribution is -2.51. The number of likely N-dealkylation sites (tertiary alicyclic amines) is 1. The molecule has 1 saturated heterocycles. The summed E-state index contributed by atoms with van der Waals surface area (Å²) in [5.41, 5.74) is 1.59. The highest BCUT2D eigenvalue weighted by Gasteiger charge is 2.31. The molecule has 98 valence electrons. The van der Waals surface area contributed by atoms with Crippen LogP contribution in [0.25, 0.3) is 0 Å². The Balaban J connectivity index is 2.10. The number of aliphatic hydroxyl groups excluding tert-OH is 1. The molecule has 0 saturated carbocycles. The zero-order valence-corrected chi connectivity index (χ0v) is 10.9. The van der Waals surface area contributed by atoms with Crippen molar-refractivity contribution in [3.8, 4) is 0 Å². The third kappa shape index (κ3) is 2.64. The van der Waals surface area contributed by atoms with E-state index in [1.54, 1.807) is 4.90 Å². The first-order valence-corrected chi connectivity index (χ1v) is 6.37. The second-order valence-corrected chi connectivity index (χ2v) is 5.10. The van der Waals surface area contributed by atoms with Crippen LogP contribution in [0.1, 0.15) is 24.2 Å². The van der Waals surface area contributed by atoms with Crippen molar-refractivity contribution in [3.05, 3.63) is 29.8 Å². The van der Waals surface area contributed by atoms with Gasteiger partial charge in [0.15, 0.2) is 0 Å². The summed E-state index contributed by atoms with van der Waals surface area (Å²) >= 11 is 0. The molecule has 2 rings (SSSR count). The van der Waals surface area contributed by atoms with Crippen LogP contribution in [0.3, 0.4) is 0 Å². The highest BCUT2D eigenvalue weighted by molar-refractivity contribution is 6.00. The molecule has 0 aliphatic carbocycles. The smallest absolute Gasteiger partial charge is 0.255 e. The number of hydrogen-bond donors (Lipinski definition) is 2. The fraction of sp³-hybridized carbons (Fsp3) is 0.500. The highest BCUT2D eigenvalue weighted by Crippen LogP contribution is 2.23. The summed E-state index contributed by atoms with van der Waals surface area (Å²) in [6.07, 6.45) is 0. The van der Waals surface area contributed by atoms with Gasteiger partial charge in [-0.05, 0) is 26.0 Å². The Bertz CT molecular complexity index is 426. The Morgan fingerprint density at radius 1 is 1.44 bits per heavy atom. The standard InChI is InChI=1S/C14H20N2O2/c1-10(2)15-13-6-4-3-5-12(13)14(18)16-7-11(8-16)9-17/h3-6,10-11,15,17H,7-9H2,1-2H3. The first-order valence-electron chi connectivity index (χ1n) is 6.37. The average molecular weight is 248 g/mol. The molecular weight excluding hydrogens is 228 g/mol. The van der Waals surface area contributed by atoms with Crippen LogP contribution in [0.4, 0.5) is 5.69 Å². The number of nitrogens with one attached hydrogen (secondary N) is 1. The highest BCUT2D eigenvalue weighted by atomic mass is 16.3. The third-order valence-electron chi connectivity index (χ3n) is 3.10. The number of amides is 1. The lowest BCUT2D eigenvalue weighted by atomic mass is 9.99. The molecule has 1 aromatic carbocycles. The quantitative estimate of drug-likeness (QED) is 0.850. The summed E-state index contributed by atoms with van der Waals surface area (Å²) in [5.74, 6) is 0.294. The number of benzene rings is 1. The molecule has 0 spiro atoms. The minimum absolute atomic E-state index is 0.0449. The summed E-state index contributed by atoms with van der Waals surface area (Å²) in [7, 11) is 0. The van der Waals surface area contributed by atoms with Crippen molar-refractivity contribution < 1.29 is 9.90 Å². The maximum absolute atomic E-state index is 12.3. The first kappa shape index (κ1) is 12.9. The van der Waals surface area contributed by atoms with Crippen LogP contribution >= 0.6 is 0 Å². The van der Waals surface area contributed by atoms with E-state index in [-0.39, 0.29) is 18.4 Å². The van der Waals surface area contributed by atoms with Gasteiger partial charge >= 0.3 is 0 Å². The Morgan fingerprint density at radius 3 is 2.72 bits per heavy atom. The second-order valence-electron chi connectivity index (χ2n) is 5.10. The van der Waals surface area contributed by atoms with Gasteiger partial charge in [0.1, 0.15) is 0 Å². The molecule has 1 amide bonds. The normalized spacial score (nSPS) is 15.7. The average Bonchev–Trinajstić information content (AvgIpc) is 2.27. The molecule has 1 fully saturated rings. The van der Waals surface area contributed by atoms with E-state index in [0.717, 1.165) is 5.69 Å². The number of aliphatic hydroxyl groups is 1. The summed E-state index contributed by atoms with van der Waals surface area (Å²) in [4.78, 5) is 14.1.